The molecule has 0 radical (unpaired) electrons. The highest BCUT2D eigenvalue weighted by Gasteiger charge is 2.35. The number of hydrogen-bond acceptors (Lipinski definition) is 3. The molecule has 0 aliphatic carbocycles. The molecule has 0 atom stereocenters. The zero-order valence-electron chi connectivity index (χ0n) is 13.8. The first-order valence-electron chi connectivity index (χ1n) is 7.48. The third-order valence-electron chi connectivity index (χ3n) is 3.70. The summed E-state index contributed by atoms with van der Waals surface area (Å²) in [5.74, 6) is -5.86. The van der Waals surface area contributed by atoms with Crippen LogP contribution in [-0.4, -0.2) is 18.4 Å². The summed E-state index contributed by atoms with van der Waals surface area (Å²) >= 11 is 0. The quantitative estimate of drug-likeness (QED) is 0.466. The number of nitrogens with zero attached hydrogens (tertiary/aromatic N) is 1. The summed E-state index contributed by atoms with van der Waals surface area (Å²) in [5.41, 5.74) is -3.99. The average molecular weight is 439 g/mol. The molecule has 0 bridgehead atoms. The van der Waals surface area contributed by atoms with Crippen molar-refractivity contribution < 1.29 is 39.2 Å². The number of anilines is 1. The standard InChI is InChI=1S/C16H8F7N3O2S/c17-9-1-2-24-15(20)14(9)13-3-7(6-25-13)29(27,28)26-12-5-10(18)8(4-11(12)19)16(21,22)23/h1-6,25-26H. The molecule has 0 aliphatic heterocycles. The van der Waals surface area contributed by atoms with Gasteiger partial charge in [-0.05, 0) is 18.2 Å². The molecule has 0 aliphatic rings. The Morgan fingerprint density at radius 1 is 0.966 bits per heavy atom. The van der Waals surface area contributed by atoms with Gasteiger partial charge in [-0.15, -0.1) is 0 Å². The number of alkyl halides is 3. The van der Waals surface area contributed by atoms with Crippen LogP contribution in [-0.2, 0) is 16.2 Å². The van der Waals surface area contributed by atoms with Crippen molar-refractivity contribution in [1.82, 2.24) is 9.97 Å². The second kappa shape index (κ2) is 7.06. The van der Waals surface area contributed by atoms with Crippen molar-refractivity contribution in [1.29, 1.82) is 0 Å². The number of H-pyrrole nitrogens is 1. The SMILES string of the molecule is O=S(=O)(Nc1cc(F)c(C(F)(F)F)cc1F)c1c[nH]c(-c2c(F)ccnc2F)c1. The summed E-state index contributed by atoms with van der Waals surface area (Å²) in [6, 6.07) is 1.44. The Morgan fingerprint density at radius 2 is 1.66 bits per heavy atom. The van der Waals surface area contributed by atoms with Crippen molar-refractivity contribution in [2.75, 3.05) is 4.72 Å². The summed E-state index contributed by atoms with van der Waals surface area (Å²) < 4.78 is 119. The normalized spacial score (nSPS) is 12.2. The molecule has 0 amide bonds. The number of benzene rings is 1. The van der Waals surface area contributed by atoms with E-state index in [-0.39, 0.29) is 17.8 Å². The Balaban J connectivity index is 1.96. The zero-order chi connectivity index (χ0) is 21.6. The summed E-state index contributed by atoms with van der Waals surface area (Å²) in [6.07, 6.45) is -3.55. The highest BCUT2D eigenvalue weighted by molar-refractivity contribution is 7.92. The molecule has 0 unspecified atom stereocenters. The summed E-state index contributed by atoms with van der Waals surface area (Å²) in [5, 5.41) is 0. The summed E-state index contributed by atoms with van der Waals surface area (Å²) in [7, 11) is -4.65. The van der Waals surface area contributed by atoms with Crippen molar-refractivity contribution >= 4 is 15.7 Å². The molecule has 5 nitrogen and oxygen atoms in total. The van der Waals surface area contributed by atoms with Crippen LogP contribution in [0.3, 0.4) is 0 Å². The van der Waals surface area contributed by atoms with Gasteiger partial charge in [0.25, 0.3) is 10.0 Å². The average Bonchev–Trinajstić information content (AvgIpc) is 3.07. The molecule has 13 heteroatoms. The molecule has 29 heavy (non-hydrogen) atoms. The smallest absolute Gasteiger partial charge is 0.360 e. The third kappa shape index (κ3) is 4.04. The Hall–Kier alpha value is -3.09. The third-order valence-corrected chi connectivity index (χ3v) is 5.04. The number of aromatic nitrogens is 2. The van der Waals surface area contributed by atoms with Gasteiger partial charge in [-0.25, -0.2) is 26.6 Å². The van der Waals surface area contributed by atoms with Gasteiger partial charge in [-0.2, -0.15) is 17.6 Å². The van der Waals surface area contributed by atoms with E-state index in [4.69, 9.17) is 0 Å². The maximum absolute atomic E-state index is 13.9. The van der Waals surface area contributed by atoms with E-state index in [0.717, 1.165) is 24.5 Å². The van der Waals surface area contributed by atoms with Crippen molar-refractivity contribution in [3.8, 4) is 11.3 Å². The largest absolute Gasteiger partial charge is 0.419 e. The van der Waals surface area contributed by atoms with Gasteiger partial charge in [-0.1, -0.05) is 0 Å². The molecular weight excluding hydrogens is 431 g/mol. The Morgan fingerprint density at radius 3 is 2.28 bits per heavy atom. The fraction of sp³-hybridized carbons (Fsp3) is 0.0625. The van der Waals surface area contributed by atoms with Gasteiger partial charge in [0.2, 0.25) is 5.95 Å². The predicted octanol–water partition coefficient (Wildman–Crippen LogP) is 4.45. The fourth-order valence-electron chi connectivity index (χ4n) is 2.37. The number of hydrogen-bond donors (Lipinski definition) is 2. The van der Waals surface area contributed by atoms with E-state index in [2.05, 4.69) is 9.97 Å². The number of aromatic amines is 1. The van der Waals surface area contributed by atoms with E-state index in [1.807, 2.05) is 0 Å². The zero-order valence-corrected chi connectivity index (χ0v) is 14.6. The molecule has 3 aromatic rings. The van der Waals surface area contributed by atoms with Gasteiger partial charge in [-0.3, -0.25) is 4.72 Å². The molecular formula is C16H8F7N3O2S. The van der Waals surface area contributed by atoms with Crippen molar-refractivity contribution in [3.05, 3.63) is 65.6 Å². The topological polar surface area (TPSA) is 74.8 Å². The number of halogens is 7. The monoisotopic (exact) mass is 439 g/mol. The lowest BCUT2D eigenvalue weighted by Gasteiger charge is -2.12. The number of sulfonamides is 1. The first-order chi connectivity index (χ1) is 13.4. The van der Waals surface area contributed by atoms with Crippen LogP contribution in [0.2, 0.25) is 0 Å². The lowest BCUT2D eigenvalue weighted by molar-refractivity contribution is -0.140. The van der Waals surface area contributed by atoms with E-state index < -0.39 is 61.3 Å². The van der Waals surface area contributed by atoms with Gasteiger partial charge in [0.15, 0.2) is 0 Å². The minimum Gasteiger partial charge on any atom is -0.360 e. The van der Waals surface area contributed by atoms with Crippen LogP contribution in [0.15, 0.2) is 41.6 Å². The first kappa shape index (κ1) is 20.6. The van der Waals surface area contributed by atoms with Crippen LogP contribution in [0, 0.1) is 23.4 Å². The predicted molar refractivity (Wildman–Crippen MR) is 86.1 cm³/mol. The van der Waals surface area contributed by atoms with Crippen LogP contribution in [0.5, 0.6) is 0 Å². The second-order valence-corrected chi connectivity index (χ2v) is 7.31. The molecule has 2 heterocycles. The summed E-state index contributed by atoms with van der Waals surface area (Å²) in [6.45, 7) is 0. The molecule has 3 rings (SSSR count). The molecule has 2 aromatic heterocycles. The van der Waals surface area contributed by atoms with Gasteiger partial charge in [0.1, 0.15) is 22.3 Å². The fourth-order valence-corrected chi connectivity index (χ4v) is 3.43. The maximum Gasteiger partial charge on any atom is 0.419 e. The lowest BCUT2D eigenvalue weighted by Crippen LogP contribution is -2.15. The first-order valence-corrected chi connectivity index (χ1v) is 8.96. The Kier molecular flexibility index (Phi) is 5.03. The lowest BCUT2D eigenvalue weighted by atomic mass is 10.2. The van der Waals surface area contributed by atoms with Gasteiger partial charge in [0, 0.05) is 18.5 Å². The van der Waals surface area contributed by atoms with Crippen molar-refractivity contribution in [2.24, 2.45) is 0 Å². The van der Waals surface area contributed by atoms with Crippen LogP contribution < -0.4 is 4.72 Å². The highest BCUT2D eigenvalue weighted by Crippen LogP contribution is 2.34. The molecule has 154 valence electrons. The summed E-state index contributed by atoms with van der Waals surface area (Å²) in [4.78, 5) is 4.88. The Bertz CT molecular complexity index is 1170. The second-order valence-electron chi connectivity index (χ2n) is 5.62. The van der Waals surface area contributed by atoms with Crippen LogP contribution in [0.4, 0.5) is 36.4 Å². The van der Waals surface area contributed by atoms with E-state index >= 15 is 0 Å². The molecule has 0 saturated carbocycles. The highest BCUT2D eigenvalue weighted by atomic mass is 32.2. The van der Waals surface area contributed by atoms with E-state index in [9.17, 15) is 39.2 Å². The van der Waals surface area contributed by atoms with Gasteiger partial charge >= 0.3 is 6.18 Å². The molecule has 2 N–H and O–H groups in total. The van der Waals surface area contributed by atoms with E-state index in [1.54, 1.807) is 4.72 Å². The molecule has 1 aromatic carbocycles. The van der Waals surface area contributed by atoms with E-state index in [1.165, 1.54) is 0 Å². The molecule has 0 saturated heterocycles. The minimum atomic E-state index is -5.18. The van der Waals surface area contributed by atoms with Crippen molar-refractivity contribution in [3.63, 3.8) is 0 Å². The van der Waals surface area contributed by atoms with Crippen LogP contribution >= 0.6 is 0 Å². The van der Waals surface area contributed by atoms with Crippen LogP contribution in [0.1, 0.15) is 5.56 Å². The minimum absolute atomic E-state index is 0.0315. The molecule has 0 fully saturated rings. The maximum atomic E-state index is 13.9. The van der Waals surface area contributed by atoms with Crippen molar-refractivity contribution in [2.45, 2.75) is 11.1 Å². The van der Waals surface area contributed by atoms with E-state index in [0.29, 0.717) is 0 Å². The Labute approximate surface area is 158 Å². The number of rotatable bonds is 4. The van der Waals surface area contributed by atoms with Crippen LogP contribution in [0.25, 0.3) is 11.3 Å². The molecule has 0 spiro atoms. The number of nitrogens with one attached hydrogen (secondary N) is 2. The van der Waals surface area contributed by atoms with Gasteiger partial charge < -0.3 is 4.98 Å². The van der Waals surface area contributed by atoms with Gasteiger partial charge in [0.05, 0.1) is 22.5 Å². The number of pyridine rings is 1.